The lowest BCUT2D eigenvalue weighted by molar-refractivity contribution is -0.156. The van der Waals surface area contributed by atoms with Gasteiger partial charge in [0, 0.05) is 6.61 Å². The van der Waals surface area contributed by atoms with Crippen LogP contribution in [0.25, 0.3) is 10.8 Å². The first-order chi connectivity index (χ1) is 9.33. The van der Waals surface area contributed by atoms with Crippen LogP contribution in [0.4, 0.5) is 0 Å². The summed E-state index contributed by atoms with van der Waals surface area (Å²) in [7, 11) is 0. The molecule has 1 fully saturated rings. The van der Waals surface area contributed by atoms with E-state index in [0.29, 0.717) is 18.3 Å². The molecule has 0 aromatic carbocycles. The molecule has 0 aliphatic carbocycles. The number of rotatable bonds is 4. The topological polar surface area (TPSA) is 61.6 Å². The van der Waals surface area contributed by atoms with Gasteiger partial charge in [0.25, 0.3) is 0 Å². The SMILES string of the molecule is O=C(OCc1cnc(-c2cccs2)o1)[C@@H]1CCCO1. The van der Waals surface area contributed by atoms with Gasteiger partial charge in [-0.05, 0) is 24.3 Å². The van der Waals surface area contributed by atoms with Gasteiger partial charge in [0.1, 0.15) is 0 Å². The molecule has 1 atom stereocenters. The molecule has 3 heterocycles. The maximum Gasteiger partial charge on any atom is 0.335 e. The number of nitrogens with zero attached hydrogens (tertiary/aromatic N) is 1. The number of aromatic nitrogens is 1. The summed E-state index contributed by atoms with van der Waals surface area (Å²) in [5, 5.41) is 1.96. The van der Waals surface area contributed by atoms with E-state index in [1.54, 1.807) is 17.5 Å². The number of thiophene rings is 1. The van der Waals surface area contributed by atoms with Gasteiger partial charge in [-0.25, -0.2) is 9.78 Å². The van der Waals surface area contributed by atoms with Crippen molar-refractivity contribution in [3.8, 4) is 10.8 Å². The Labute approximate surface area is 114 Å². The zero-order valence-electron chi connectivity index (χ0n) is 10.2. The number of ether oxygens (including phenoxy) is 2. The van der Waals surface area contributed by atoms with Crippen LogP contribution in [0.3, 0.4) is 0 Å². The Morgan fingerprint density at radius 2 is 2.53 bits per heavy atom. The maximum absolute atomic E-state index is 11.6. The minimum Gasteiger partial charge on any atom is -0.456 e. The Bertz CT molecular complexity index is 543. The molecular weight excluding hydrogens is 266 g/mol. The van der Waals surface area contributed by atoms with Gasteiger partial charge in [0.05, 0.1) is 11.1 Å². The molecule has 2 aromatic rings. The van der Waals surface area contributed by atoms with Gasteiger partial charge in [-0.3, -0.25) is 0 Å². The number of carbonyl (C=O) groups excluding carboxylic acids is 1. The molecule has 3 rings (SSSR count). The molecule has 0 radical (unpaired) electrons. The second-order valence-electron chi connectivity index (χ2n) is 4.22. The zero-order chi connectivity index (χ0) is 13.1. The molecule has 0 N–H and O–H groups in total. The van der Waals surface area contributed by atoms with Crippen LogP contribution in [-0.2, 0) is 20.9 Å². The Balaban J connectivity index is 1.57. The summed E-state index contributed by atoms with van der Waals surface area (Å²) in [4.78, 5) is 16.8. The van der Waals surface area contributed by atoms with E-state index >= 15 is 0 Å². The Hall–Kier alpha value is -1.66. The van der Waals surface area contributed by atoms with Crippen LogP contribution < -0.4 is 0 Å². The van der Waals surface area contributed by atoms with Crippen LogP contribution >= 0.6 is 11.3 Å². The number of esters is 1. The van der Waals surface area contributed by atoms with Gasteiger partial charge in [-0.2, -0.15) is 0 Å². The second kappa shape index (κ2) is 5.54. The molecule has 2 aromatic heterocycles. The molecule has 0 bridgehead atoms. The maximum atomic E-state index is 11.6. The Morgan fingerprint density at radius 1 is 1.58 bits per heavy atom. The smallest absolute Gasteiger partial charge is 0.335 e. The summed E-state index contributed by atoms with van der Waals surface area (Å²) in [6.07, 6.45) is 2.80. The molecule has 1 aliphatic rings. The van der Waals surface area contributed by atoms with E-state index in [1.807, 2.05) is 17.5 Å². The standard InChI is InChI=1S/C13H13NO4S/c15-13(10-3-1-5-16-10)17-8-9-7-14-12(18-9)11-4-2-6-19-11/h2,4,6-7,10H,1,3,5,8H2/t10-/m0/s1. The highest BCUT2D eigenvalue weighted by molar-refractivity contribution is 7.13. The predicted octanol–water partition coefficient (Wildman–Crippen LogP) is 2.63. The van der Waals surface area contributed by atoms with Crippen molar-refractivity contribution >= 4 is 17.3 Å². The third-order valence-electron chi connectivity index (χ3n) is 2.83. The van der Waals surface area contributed by atoms with Gasteiger partial charge >= 0.3 is 5.97 Å². The molecule has 0 amide bonds. The predicted molar refractivity (Wildman–Crippen MR) is 68.6 cm³/mol. The lowest BCUT2D eigenvalue weighted by atomic mass is 10.2. The monoisotopic (exact) mass is 279 g/mol. The number of oxazole rings is 1. The molecule has 0 saturated carbocycles. The van der Waals surface area contributed by atoms with Crippen molar-refractivity contribution in [1.82, 2.24) is 4.98 Å². The molecule has 1 aliphatic heterocycles. The highest BCUT2D eigenvalue weighted by Crippen LogP contribution is 2.24. The minimum atomic E-state index is -0.417. The van der Waals surface area contributed by atoms with Crippen molar-refractivity contribution in [2.45, 2.75) is 25.6 Å². The van der Waals surface area contributed by atoms with Gasteiger partial charge in [-0.1, -0.05) is 6.07 Å². The number of hydrogen-bond acceptors (Lipinski definition) is 6. The zero-order valence-corrected chi connectivity index (χ0v) is 11.0. The fourth-order valence-electron chi connectivity index (χ4n) is 1.89. The van der Waals surface area contributed by atoms with E-state index < -0.39 is 6.10 Å². The summed E-state index contributed by atoms with van der Waals surface area (Å²) in [5.74, 6) is 0.763. The fourth-order valence-corrected chi connectivity index (χ4v) is 2.54. The first-order valence-electron chi connectivity index (χ1n) is 6.10. The molecule has 0 spiro atoms. The van der Waals surface area contributed by atoms with Crippen molar-refractivity contribution < 1.29 is 18.7 Å². The molecule has 100 valence electrons. The number of carbonyl (C=O) groups is 1. The van der Waals surface area contributed by atoms with Gasteiger partial charge in [0.2, 0.25) is 5.89 Å². The van der Waals surface area contributed by atoms with Crippen molar-refractivity contribution in [2.75, 3.05) is 6.61 Å². The van der Waals surface area contributed by atoms with Crippen LogP contribution in [0.1, 0.15) is 18.6 Å². The van der Waals surface area contributed by atoms with Crippen molar-refractivity contribution in [3.63, 3.8) is 0 Å². The van der Waals surface area contributed by atoms with E-state index in [2.05, 4.69) is 4.98 Å². The molecule has 19 heavy (non-hydrogen) atoms. The van der Waals surface area contributed by atoms with Crippen molar-refractivity contribution in [1.29, 1.82) is 0 Å². The number of hydrogen-bond donors (Lipinski definition) is 0. The van der Waals surface area contributed by atoms with Crippen molar-refractivity contribution in [3.05, 3.63) is 29.5 Å². The summed E-state index contributed by atoms with van der Waals surface area (Å²) >= 11 is 1.55. The van der Waals surface area contributed by atoms with Crippen molar-refractivity contribution in [2.24, 2.45) is 0 Å². The van der Waals surface area contributed by atoms with E-state index in [4.69, 9.17) is 13.9 Å². The van der Waals surface area contributed by atoms with Crippen LogP contribution in [0.2, 0.25) is 0 Å². The second-order valence-corrected chi connectivity index (χ2v) is 5.17. The average Bonchev–Trinajstić information content (AvgIpc) is 3.14. The minimum absolute atomic E-state index is 0.0943. The lowest BCUT2D eigenvalue weighted by Crippen LogP contribution is -2.21. The van der Waals surface area contributed by atoms with E-state index in [0.717, 1.165) is 17.7 Å². The average molecular weight is 279 g/mol. The van der Waals surface area contributed by atoms with Gasteiger partial charge < -0.3 is 13.9 Å². The Morgan fingerprint density at radius 3 is 3.26 bits per heavy atom. The first kappa shape index (κ1) is 12.4. The fraction of sp³-hybridized carbons (Fsp3) is 0.385. The van der Waals surface area contributed by atoms with E-state index in [9.17, 15) is 4.79 Å². The third kappa shape index (κ3) is 2.85. The van der Waals surface area contributed by atoms with Gasteiger partial charge in [0.15, 0.2) is 18.5 Å². The van der Waals surface area contributed by atoms with Crippen LogP contribution in [0, 0.1) is 0 Å². The van der Waals surface area contributed by atoms with Crippen LogP contribution in [0.15, 0.2) is 28.1 Å². The molecular formula is C13H13NO4S. The largest absolute Gasteiger partial charge is 0.456 e. The Kier molecular flexibility index (Phi) is 3.61. The van der Waals surface area contributed by atoms with Gasteiger partial charge in [-0.15, -0.1) is 11.3 Å². The van der Waals surface area contributed by atoms with E-state index in [-0.39, 0.29) is 12.6 Å². The van der Waals surface area contributed by atoms with Crippen LogP contribution in [0.5, 0.6) is 0 Å². The highest BCUT2D eigenvalue weighted by atomic mass is 32.1. The van der Waals surface area contributed by atoms with E-state index in [1.165, 1.54) is 0 Å². The lowest BCUT2D eigenvalue weighted by Gasteiger charge is -2.07. The summed E-state index contributed by atoms with van der Waals surface area (Å²) < 4.78 is 15.9. The first-order valence-corrected chi connectivity index (χ1v) is 6.98. The molecule has 6 heteroatoms. The quantitative estimate of drug-likeness (QED) is 0.805. The summed E-state index contributed by atoms with van der Waals surface area (Å²) in [6.45, 7) is 0.724. The van der Waals surface area contributed by atoms with Crippen LogP contribution in [-0.4, -0.2) is 23.7 Å². The molecule has 1 saturated heterocycles. The normalized spacial score (nSPS) is 18.6. The molecule has 5 nitrogen and oxygen atoms in total. The highest BCUT2D eigenvalue weighted by Gasteiger charge is 2.25. The third-order valence-corrected chi connectivity index (χ3v) is 3.69. The summed E-state index contributed by atoms with van der Waals surface area (Å²) in [6, 6.07) is 3.86. The summed E-state index contributed by atoms with van der Waals surface area (Å²) in [5.41, 5.74) is 0. The molecule has 0 unspecified atom stereocenters.